The topological polar surface area (TPSA) is 101 Å². The van der Waals surface area contributed by atoms with Crippen molar-refractivity contribution in [2.75, 3.05) is 20.3 Å². The number of rotatable bonds is 11. The molecule has 3 aromatic carbocycles. The molecule has 0 spiro atoms. The number of fused-ring (bicyclic) bond motifs is 1. The zero-order valence-corrected chi connectivity index (χ0v) is 27.0. The highest BCUT2D eigenvalue weighted by atomic mass is 79.9. The SMILES string of the molecule is CCOc1cc(C=Nn2c(-c3cc(C(C)C)c(OC)cc3C)nc3ccccc3c2=O)cc(Br)c1OCC(=O)OC(C)C. The molecule has 0 aliphatic rings. The van der Waals surface area contributed by atoms with E-state index in [2.05, 4.69) is 34.9 Å². The maximum atomic E-state index is 13.8. The maximum absolute atomic E-state index is 13.8. The van der Waals surface area contributed by atoms with E-state index in [0.717, 1.165) is 22.4 Å². The van der Waals surface area contributed by atoms with Crippen LogP contribution < -0.4 is 19.8 Å². The number of hydrogen-bond acceptors (Lipinski definition) is 8. The van der Waals surface area contributed by atoms with Crippen LogP contribution in [0.5, 0.6) is 17.2 Å². The van der Waals surface area contributed by atoms with Crippen LogP contribution in [0.1, 0.15) is 57.2 Å². The van der Waals surface area contributed by atoms with Crippen molar-refractivity contribution < 1.29 is 23.7 Å². The predicted molar refractivity (Wildman–Crippen MR) is 172 cm³/mol. The summed E-state index contributed by atoms with van der Waals surface area (Å²) in [6.45, 7) is 11.6. The van der Waals surface area contributed by atoms with Gasteiger partial charge >= 0.3 is 5.97 Å². The van der Waals surface area contributed by atoms with Crippen molar-refractivity contribution in [3.8, 4) is 28.6 Å². The van der Waals surface area contributed by atoms with Gasteiger partial charge in [-0.2, -0.15) is 9.78 Å². The molecule has 0 amide bonds. The second kappa shape index (κ2) is 13.9. The molecular weight excluding hydrogens is 614 g/mol. The summed E-state index contributed by atoms with van der Waals surface area (Å²) in [4.78, 5) is 30.7. The highest BCUT2D eigenvalue weighted by Crippen LogP contribution is 2.37. The van der Waals surface area contributed by atoms with E-state index in [1.807, 2.05) is 38.1 Å². The molecule has 1 heterocycles. The molecule has 0 fully saturated rings. The van der Waals surface area contributed by atoms with E-state index < -0.39 is 5.97 Å². The Morgan fingerprint density at radius 3 is 2.49 bits per heavy atom. The lowest BCUT2D eigenvalue weighted by molar-refractivity contribution is -0.149. The van der Waals surface area contributed by atoms with E-state index in [1.165, 1.54) is 4.68 Å². The van der Waals surface area contributed by atoms with Gasteiger partial charge in [0.05, 0.1) is 41.4 Å². The second-order valence-electron chi connectivity index (χ2n) is 10.5. The van der Waals surface area contributed by atoms with E-state index >= 15 is 0 Å². The molecule has 0 bridgehead atoms. The Morgan fingerprint density at radius 1 is 1.07 bits per heavy atom. The molecule has 0 saturated heterocycles. The number of nitrogens with zero attached hydrogens (tertiary/aromatic N) is 3. The molecule has 43 heavy (non-hydrogen) atoms. The van der Waals surface area contributed by atoms with Crippen LogP contribution in [0.25, 0.3) is 22.3 Å². The van der Waals surface area contributed by atoms with Crippen LogP contribution in [0.3, 0.4) is 0 Å². The van der Waals surface area contributed by atoms with E-state index in [4.69, 9.17) is 23.9 Å². The van der Waals surface area contributed by atoms with Gasteiger partial charge in [0.15, 0.2) is 23.9 Å². The number of benzene rings is 3. The van der Waals surface area contributed by atoms with Gasteiger partial charge in [-0.05, 0) is 103 Å². The zero-order valence-electron chi connectivity index (χ0n) is 25.4. The number of aromatic nitrogens is 2. The summed E-state index contributed by atoms with van der Waals surface area (Å²) in [5.74, 6) is 1.66. The number of esters is 1. The summed E-state index contributed by atoms with van der Waals surface area (Å²) in [6.07, 6.45) is 1.31. The van der Waals surface area contributed by atoms with Crippen molar-refractivity contribution in [3.05, 3.63) is 80.0 Å². The average Bonchev–Trinajstić information content (AvgIpc) is 2.95. The highest BCUT2D eigenvalue weighted by molar-refractivity contribution is 9.10. The van der Waals surface area contributed by atoms with Crippen molar-refractivity contribution in [2.45, 2.75) is 53.6 Å². The molecular formula is C33H36BrN3O6. The van der Waals surface area contributed by atoms with E-state index in [-0.39, 0.29) is 24.2 Å². The first-order chi connectivity index (χ1) is 20.5. The molecule has 0 saturated carbocycles. The molecule has 4 rings (SSSR count). The third-order valence-electron chi connectivity index (χ3n) is 6.55. The van der Waals surface area contributed by atoms with Crippen LogP contribution in [-0.2, 0) is 9.53 Å². The molecule has 226 valence electrons. The van der Waals surface area contributed by atoms with E-state index in [9.17, 15) is 9.59 Å². The van der Waals surface area contributed by atoms with Gasteiger partial charge in [0.25, 0.3) is 5.56 Å². The van der Waals surface area contributed by atoms with Crippen LogP contribution in [0, 0.1) is 6.92 Å². The molecule has 0 radical (unpaired) electrons. The number of carbonyl (C=O) groups excluding carboxylic acids is 1. The molecule has 4 aromatic rings. The molecule has 0 aliphatic carbocycles. The first-order valence-corrected chi connectivity index (χ1v) is 14.9. The number of para-hydroxylation sites is 1. The number of carbonyl (C=O) groups is 1. The van der Waals surface area contributed by atoms with Crippen LogP contribution >= 0.6 is 15.9 Å². The van der Waals surface area contributed by atoms with Crippen molar-refractivity contribution in [2.24, 2.45) is 5.10 Å². The van der Waals surface area contributed by atoms with Gasteiger partial charge in [-0.3, -0.25) is 4.79 Å². The van der Waals surface area contributed by atoms with E-state index in [0.29, 0.717) is 44.9 Å². The summed E-state index contributed by atoms with van der Waals surface area (Å²) in [5, 5.41) is 5.08. The smallest absolute Gasteiger partial charge is 0.344 e. The summed E-state index contributed by atoms with van der Waals surface area (Å²) in [6, 6.07) is 14.7. The number of halogens is 1. The third kappa shape index (κ3) is 7.25. The van der Waals surface area contributed by atoms with E-state index in [1.54, 1.807) is 51.4 Å². The molecule has 10 heteroatoms. The fourth-order valence-electron chi connectivity index (χ4n) is 4.59. The summed E-state index contributed by atoms with van der Waals surface area (Å²) >= 11 is 3.53. The van der Waals surface area contributed by atoms with Crippen LogP contribution in [0.4, 0.5) is 0 Å². The molecule has 0 aliphatic heterocycles. The quantitative estimate of drug-likeness (QED) is 0.129. The number of methoxy groups -OCH3 is 1. The first-order valence-electron chi connectivity index (χ1n) is 14.1. The second-order valence-corrected chi connectivity index (χ2v) is 11.3. The Bertz CT molecular complexity index is 1730. The lowest BCUT2D eigenvalue weighted by atomic mass is 9.96. The minimum Gasteiger partial charge on any atom is -0.496 e. The van der Waals surface area contributed by atoms with Gasteiger partial charge in [0.1, 0.15) is 5.75 Å². The standard InChI is InChI=1S/C33H36BrN3O6/c1-8-41-29-15-22(14-26(34)31(29)42-18-30(38)43-20(4)5)17-35-37-32(36-27-12-10-9-11-23(27)33(37)39)25-16-24(19(2)3)28(40-7)13-21(25)6/h9-17,19-20H,8,18H2,1-7H3. The fourth-order valence-corrected chi connectivity index (χ4v) is 5.16. The van der Waals surface area contributed by atoms with Crippen LogP contribution in [0.15, 0.2) is 62.9 Å². The summed E-state index contributed by atoms with van der Waals surface area (Å²) in [7, 11) is 1.65. The average molecular weight is 651 g/mol. The molecule has 9 nitrogen and oxygen atoms in total. The largest absolute Gasteiger partial charge is 0.496 e. The Hall–Kier alpha value is -4.18. The molecule has 1 aromatic heterocycles. The van der Waals surface area contributed by atoms with Crippen molar-refractivity contribution in [3.63, 3.8) is 0 Å². The first kappa shape index (κ1) is 31.7. The fraction of sp³-hybridized carbons (Fsp3) is 0.333. The van der Waals surface area contributed by atoms with Crippen molar-refractivity contribution >= 4 is 39.0 Å². The van der Waals surface area contributed by atoms with Gasteiger partial charge in [0, 0.05) is 5.56 Å². The third-order valence-corrected chi connectivity index (χ3v) is 7.14. The van der Waals surface area contributed by atoms with Gasteiger partial charge in [-0.25, -0.2) is 9.78 Å². The highest BCUT2D eigenvalue weighted by Gasteiger charge is 2.19. The Morgan fingerprint density at radius 2 is 1.81 bits per heavy atom. The van der Waals surface area contributed by atoms with Gasteiger partial charge < -0.3 is 18.9 Å². The van der Waals surface area contributed by atoms with Crippen LogP contribution in [0.2, 0.25) is 0 Å². The van der Waals surface area contributed by atoms with Gasteiger partial charge in [-0.15, -0.1) is 0 Å². The van der Waals surface area contributed by atoms with Gasteiger partial charge in [0.2, 0.25) is 0 Å². The predicted octanol–water partition coefficient (Wildman–Crippen LogP) is 6.88. The maximum Gasteiger partial charge on any atom is 0.344 e. The minimum absolute atomic E-state index is 0.181. The monoisotopic (exact) mass is 649 g/mol. The minimum atomic E-state index is -0.486. The number of hydrogen-bond donors (Lipinski definition) is 0. The Kier molecular flexibility index (Phi) is 10.2. The summed E-state index contributed by atoms with van der Waals surface area (Å²) in [5.41, 5.74) is 3.58. The Balaban J connectivity index is 1.83. The number of ether oxygens (including phenoxy) is 4. The van der Waals surface area contributed by atoms with Crippen molar-refractivity contribution in [1.82, 2.24) is 9.66 Å². The normalized spacial score (nSPS) is 11.5. The molecule has 0 N–H and O–H groups in total. The number of aryl methyl sites for hydroxylation is 1. The lowest BCUT2D eigenvalue weighted by Gasteiger charge is -2.17. The lowest BCUT2D eigenvalue weighted by Crippen LogP contribution is -2.21. The van der Waals surface area contributed by atoms with Gasteiger partial charge in [-0.1, -0.05) is 26.0 Å². The van der Waals surface area contributed by atoms with Crippen molar-refractivity contribution in [1.29, 1.82) is 0 Å². The molecule has 0 atom stereocenters. The molecule has 0 unspecified atom stereocenters. The zero-order chi connectivity index (χ0) is 31.3. The Labute approximate surface area is 259 Å². The summed E-state index contributed by atoms with van der Waals surface area (Å²) < 4.78 is 24.2. The van der Waals surface area contributed by atoms with Crippen LogP contribution in [-0.4, -0.2) is 48.3 Å².